The first kappa shape index (κ1) is 21.4. The topological polar surface area (TPSA) is 111 Å². The van der Waals surface area contributed by atoms with Gasteiger partial charge in [-0.05, 0) is 58.5 Å². The molecule has 2 rings (SSSR count). The zero-order valence-corrected chi connectivity index (χ0v) is 14.4. The molecule has 7 nitrogen and oxygen atoms in total. The van der Waals surface area contributed by atoms with E-state index >= 15 is 0 Å². The number of benzene rings is 1. The Morgan fingerprint density at radius 2 is 1.83 bits per heavy atom. The third kappa shape index (κ3) is 8.76. The molecule has 1 fully saturated rings. The van der Waals surface area contributed by atoms with Crippen molar-refractivity contribution >= 4 is 5.69 Å². The van der Waals surface area contributed by atoms with Gasteiger partial charge in [-0.2, -0.15) is 5.26 Å². The molecule has 1 aliphatic heterocycles. The summed E-state index contributed by atoms with van der Waals surface area (Å²) in [5, 5.41) is 36.0. The second-order valence-electron chi connectivity index (χ2n) is 5.66. The maximum absolute atomic E-state index is 10.3. The van der Waals surface area contributed by atoms with Gasteiger partial charge in [-0.3, -0.25) is 10.1 Å². The van der Waals surface area contributed by atoms with Crippen LogP contribution in [-0.2, 0) is 0 Å². The molecule has 0 unspecified atom stereocenters. The minimum atomic E-state index is -0.748. The Morgan fingerprint density at radius 3 is 2.17 bits per heavy atom. The van der Waals surface area contributed by atoms with Gasteiger partial charge in [-0.1, -0.05) is 13.0 Å². The van der Waals surface area contributed by atoms with Gasteiger partial charge < -0.3 is 15.1 Å². The fraction of sp³-hybridized carbons (Fsp3) is 0.471. The van der Waals surface area contributed by atoms with E-state index in [1.807, 2.05) is 6.07 Å². The number of piperidine rings is 1. The smallest absolute Gasteiger partial charge is 0.314 e. The van der Waals surface area contributed by atoms with E-state index in [1.54, 1.807) is 13.8 Å². The first-order valence-corrected chi connectivity index (χ1v) is 7.60. The number of aromatic hydroxyl groups is 2. The SMILES string of the molecule is C=C(C)C#N.CN1CCCCC1.Cc1cc(O)c(O)c([N+](=O)[O-])c1. The van der Waals surface area contributed by atoms with Gasteiger partial charge in [0.15, 0.2) is 5.75 Å². The molecule has 132 valence electrons. The van der Waals surface area contributed by atoms with E-state index in [0.29, 0.717) is 11.1 Å². The van der Waals surface area contributed by atoms with Crippen molar-refractivity contribution in [3.63, 3.8) is 0 Å². The highest BCUT2D eigenvalue weighted by molar-refractivity contribution is 5.56. The molecule has 0 radical (unpaired) electrons. The zero-order chi connectivity index (χ0) is 18.7. The van der Waals surface area contributed by atoms with Crippen LogP contribution in [0.15, 0.2) is 24.3 Å². The van der Waals surface area contributed by atoms with Crippen LogP contribution in [0.2, 0.25) is 0 Å². The summed E-state index contributed by atoms with van der Waals surface area (Å²) < 4.78 is 0. The van der Waals surface area contributed by atoms with E-state index in [2.05, 4.69) is 18.5 Å². The third-order valence-corrected chi connectivity index (χ3v) is 3.18. The quantitative estimate of drug-likeness (QED) is 0.352. The van der Waals surface area contributed by atoms with E-state index in [-0.39, 0.29) is 0 Å². The summed E-state index contributed by atoms with van der Waals surface area (Å²) in [6, 6.07) is 4.28. The summed E-state index contributed by atoms with van der Waals surface area (Å²) in [7, 11) is 2.19. The fourth-order valence-electron chi connectivity index (χ4n) is 1.93. The molecule has 2 N–H and O–H groups in total. The van der Waals surface area contributed by atoms with E-state index in [4.69, 9.17) is 15.5 Å². The van der Waals surface area contributed by atoms with Gasteiger partial charge in [0.1, 0.15) is 0 Å². The van der Waals surface area contributed by atoms with Crippen molar-refractivity contribution in [1.29, 1.82) is 5.26 Å². The van der Waals surface area contributed by atoms with Crippen LogP contribution in [-0.4, -0.2) is 40.2 Å². The molecule has 1 heterocycles. The highest BCUT2D eigenvalue weighted by Crippen LogP contribution is 2.35. The van der Waals surface area contributed by atoms with Crippen molar-refractivity contribution in [2.75, 3.05) is 20.1 Å². The van der Waals surface area contributed by atoms with Crippen molar-refractivity contribution in [3.05, 3.63) is 40.0 Å². The molecular formula is C17H25N3O4. The van der Waals surface area contributed by atoms with E-state index in [1.165, 1.54) is 44.5 Å². The Labute approximate surface area is 142 Å². The highest BCUT2D eigenvalue weighted by atomic mass is 16.6. The second-order valence-corrected chi connectivity index (χ2v) is 5.66. The first-order chi connectivity index (χ1) is 11.2. The number of hydrogen-bond donors (Lipinski definition) is 2. The number of nitro groups is 1. The maximum atomic E-state index is 10.3. The Bertz CT molecular complexity index is 603. The van der Waals surface area contributed by atoms with E-state index < -0.39 is 22.1 Å². The van der Waals surface area contributed by atoms with Crippen molar-refractivity contribution in [1.82, 2.24) is 4.90 Å². The lowest BCUT2D eigenvalue weighted by atomic mass is 10.1. The lowest BCUT2D eigenvalue weighted by Gasteiger charge is -2.20. The zero-order valence-electron chi connectivity index (χ0n) is 14.4. The van der Waals surface area contributed by atoms with Crippen LogP contribution in [0.3, 0.4) is 0 Å². The molecule has 0 aromatic heterocycles. The van der Waals surface area contributed by atoms with Crippen molar-refractivity contribution in [3.8, 4) is 17.6 Å². The molecule has 0 spiro atoms. The largest absolute Gasteiger partial charge is 0.504 e. The number of phenolic OH excluding ortho intramolecular Hbond substituents is 2. The number of aryl methyl sites for hydroxylation is 1. The molecule has 0 bridgehead atoms. The van der Waals surface area contributed by atoms with Gasteiger partial charge in [0.2, 0.25) is 5.75 Å². The summed E-state index contributed by atoms with van der Waals surface area (Å²) in [6.07, 6.45) is 4.28. The molecule has 24 heavy (non-hydrogen) atoms. The van der Waals surface area contributed by atoms with Crippen LogP contribution in [0.1, 0.15) is 31.7 Å². The van der Waals surface area contributed by atoms with Crippen LogP contribution < -0.4 is 0 Å². The average molecular weight is 335 g/mol. The van der Waals surface area contributed by atoms with Gasteiger partial charge in [0.05, 0.1) is 11.0 Å². The van der Waals surface area contributed by atoms with Crippen molar-refractivity contribution in [2.24, 2.45) is 0 Å². The lowest BCUT2D eigenvalue weighted by Crippen LogP contribution is -2.24. The molecule has 0 aliphatic carbocycles. The number of allylic oxidation sites excluding steroid dienone is 1. The summed E-state index contributed by atoms with van der Waals surface area (Å²) >= 11 is 0. The van der Waals surface area contributed by atoms with E-state index in [9.17, 15) is 10.1 Å². The predicted molar refractivity (Wildman–Crippen MR) is 92.9 cm³/mol. The van der Waals surface area contributed by atoms with Gasteiger partial charge in [0, 0.05) is 11.6 Å². The highest BCUT2D eigenvalue weighted by Gasteiger charge is 2.17. The summed E-state index contributed by atoms with van der Waals surface area (Å²) in [6.45, 7) is 9.21. The minimum Gasteiger partial charge on any atom is -0.504 e. The predicted octanol–water partition coefficient (Wildman–Crippen LogP) is 3.50. The Balaban J connectivity index is 0.000000373. The van der Waals surface area contributed by atoms with E-state index in [0.717, 1.165) is 0 Å². The Morgan fingerprint density at radius 1 is 1.33 bits per heavy atom. The summed E-state index contributed by atoms with van der Waals surface area (Å²) in [4.78, 5) is 11.9. The molecule has 0 saturated carbocycles. The van der Waals surface area contributed by atoms with Gasteiger partial charge in [-0.15, -0.1) is 0 Å². The number of hydrogen-bond acceptors (Lipinski definition) is 6. The molecule has 1 aromatic rings. The first-order valence-electron chi connectivity index (χ1n) is 7.60. The Kier molecular flexibility index (Phi) is 9.83. The molecule has 0 atom stereocenters. The maximum Gasteiger partial charge on any atom is 0.314 e. The monoisotopic (exact) mass is 335 g/mol. The molecule has 0 amide bonds. The van der Waals surface area contributed by atoms with Crippen LogP contribution in [0.4, 0.5) is 5.69 Å². The minimum absolute atomic E-state index is 0.471. The molecule has 7 heteroatoms. The van der Waals surface area contributed by atoms with Crippen LogP contribution in [0.5, 0.6) is 11.5 Å². The number of nitrogens with zero attached hydrogens (tertiary/aromatic N) is 3. The second kappa shape index (κ2) is 11.0. The number of nitriles is 1. The molecular weight excluding hydrogens is 310 g/mol. The third-order valence-electron chi connectivity index (χ3n) is 3.18. The Hall–Kier alpha value is -2.59. The van der Waals surface area contributed by atoms with Crippen LogP contribution in [0.25, 0.3) is 0 Å². The number of nitro benzene ring substituents is 1. The molecule has 1 aliphatic rings. The van der Waals surface area contributed by atoms with Crippen molar-refractivity contribution < 1.29 is 15.1 Å². The molecule has 1 saturated heterocycles. The standard InChI is InChI=1S/C7H7NO4.C6H13N.C4H5N/c1-4-2-5(8(11)12)7(10)6(9)3-4;1-7-5-3-2-4-6-7;1-4(2)3-5/h2-3,9-10H,1H3;2-6H2,1H3;1H2,2H3. The lowest BCUT2D eigenvalue weighted by molar-refractivity contribution is -0.386. The number of likely N-dealkylation sites (tertiary alicyclic amines) is 1. The normalized spacial score (nSPS) is 13.4. The number of phenols is 2. The fourth-order valence-corrected chi connectivity index (χ4v) is 1.93. The van der Waals surface area contributed by atoms with Crippen LogP contribution >= 0.6 is 0 Å². The average Bonchev–Trinajstić information content (AvgIpc) is 2.52. The van der Waals surface area contributed by atoms with Gasteiger partial charge in [0.25, 0.3) is 0 Å². The summed E-state index contributed by atoms with van der Waals surface area (Å²) in [5.41, 5.74) is 0.606. The van der Waals surface area contributed by atoms with Gasteiger partial charge >= 0.3 is 5.69 Å². The molecule has 1 aromatic carbocycles. The van der Waals surface area contributed by atoms with Crippen molar-refractivity contribution in [2.45, 2.75) is 33.1 Å². The number of rotatable bonds is 1. The van der Waals surface area contributed by atoms with Crippen LogP contribution in [0, 0.1) is 28.4 Å². The van der Waals surface area contributed by atoms with Gasteiger partial charge in [-0.25, -0.2) is 0 Å². The summed E-state index contributed by atoms with van der Waals surface area (Å²) in [5.74, 6) is -1.16.